The van der Waals surface area contributed by atoms with Crippen LogP contribution in [0, 0.1) is 12.1 Å². The number of nitrogens with zero attached hydrogens (tertiary/aromatic N) is 4. The fourth-order valence-electron chi connectivity index (χ4n) is 10.3. The molecule has 0 bridgehead atoms. The number of ether oxygens (including phenoxy) is 1. The number of aromatic nitrogens is 2. The van der Waals surface area contributed by atoms with Crippen molar-refractivity contribution in [2.45, 2.75) is 157 Å². The third-order valence-corrected chi connectivity index (χ3v) is 16.7. The van der Waals surface area contributed by atoms with E-state index in [1.807, 2.05) is 0 Å². The van der Waals surface area contributed by atoms with Gasteiger partial charge in [0.1, 0.15) is 0 Å². The molecule has 0 saturated carbocycles. The summed E-state index contributed by atoms with van der Waals surface area (Å²) in [5.74, 6) is 3.20. The molecule has 1 aromatic heterocycles. The second-order valence-corrected chi connectivity index (χ2v) is 29.9. The molecule has 7 aromatic carbocycles. The van der Waals surface area contributed by atoms with E-state index in [1.54, 1.807) is 0 Å². The maximum absolute atomic E-state index is 7.21. The quantitative estimate of drug-likeness (QED) is 0.0904. The van der Waals surface area contributed by atoms with E-state index in [-0.39, 0.29) is 43.7 Å². The van der Waals surface area contributed by atoms with Crippen LogP contribution in [0.15, 0.2) is 127 Å². The van der Waals surface area contributed by atoms with Gasteiger partial charge in [-0.2, -0.15) is 11.6 Å². The van der Waals surface area contributed by atoms with Crippen LogP contribution in [-0.2, 0) is 31.9 Å². The van der Waals surface area contributed by atoms with Crippen molar-refractivity contribution in [2.75, 3.05) is 4.90 Å². The van der Waals surface area contributed by atoms with Gasteiger partial charge in [0.05, 0.1) is 24.9 Å². The van der Waals surface area contributed by atoms with E-state index in [4.69, 9.17) is 15.0 Å². The Morgan fingerprint density at radius 3 is 1.65 bits per heavy atom. The van der Waals surface area contributed by atoms with Crippen LogP contribution in [0.2, 0.25) is 19.6 Å². The second kappa shape index (κ2) is 20.8. The van der Waals surface area contributed by atoms with Crippen molar-refractivity contribution in [1.82, 2.24) is 9.55 Å². The van der Waals surface area contributed by atoms with Gasteiger partial charge in [-0.3, -0.25) is 4.98 Å². The molecule has 9 rings (SSSR count). The number of rotatable bonds is 12. The zero-order valence-corrected chi connectivity index (χ0v) is 50.3. The maximum atomic E-state index is 7.21. The molecule has 0 amide bonds. The Hall–Kier alpha value is -5.68. The third-order valence-electron chi connectivity index (χ3n) is 14.7. The van der Waals surface area contributed by atoms with Gasteiger partial charge in [0, 0.05) is 49.6 Å². The van der Waals surface area contributed by atoms with Gasteiger partial charge in [0.15, 0.2) is 0 Å². The summed E-state index contributed by atoms with van der Waals surface area (Å²) in [4.78, 5) is 7.98. The second-order valence-electron chi connectivity index (χ2n) is 24.8. The molecule has 5 nitrogen and oxygen atoms in total. The molecule has 74 heavy (non-hydrogen) atoms. The van der Waals surface area contributed by atoms with E-state index in [1.165, 1.54) is 49.9 Å². The largest absolute Gasteiger partial charge is 0.661 e. The molecular formula is C67H77N4OPtSi-3. The zero-order chi connectivity index (χ0) is 52.5. The number of imidazole rings is 1. The van der Waals surface area contributed by atoms with E-state index in [2.05, 4.69) is 266 Å². The summed E-state index contributed by atoms with van der Waals surface area (Å²) < 4.78 is 9.64. The summed E-state index contributed by atoms with van der Waals surface area (Å²) in [7, 11) is -1.65. The van der Waals surface area contributed by atoms with Crippen molar-refractivity contribution in [3.8, 4) is 39.7 Å². The number of para-hydroxylation sites is 4. The molecule has 1 unspecified atom stereocenters. The smallest absolute Gasteiger partial charge is 0.0776 e. The van der Waals surface area contributed by atoms with Gasteiger partial charge in [0.25, 0.3) is 0 Å². The fraction of sp³-hybridized carbons (Fsp3) is 0.358. The average molecular weight is 1180 g/mol. The molecule has 1 atom stereocenters. The summed E-state index contributed by atoms with van der Waals surface area (Å²) in [5.41, 5.74) is 18.0. The standard InChI is InChI=1S/C67H77N4OSi.Pt/c1-41(2)54-35-46(45-25-19-18-20-26-45)36-55(42(3)4)62(54)70-60-29-23-21-27-58(60)68-64(70)47-31-49(66(9,10)11)37-51(33-47)72-52-34-48(32-50(38-52)67(12,13)14)65-69-59-28-22-24-30-61(59)71(65)63-56(43(5)6)39-53(73(15,16)17)40-57(63)44(7)8;/h18-32,35-44,64H,1-17H3;/q-3;. The normalized spacial score (nSPS) is 14.1. The molecular weight excluding hydrogens is 1100 g/mol. The van der Waals surface area contributed by atoms with Crippen molar-refractivity contribution >= 4 is 41.4 Å². The summed E-state index contributed by atoms with van der Waals surface area (Å²) in [6.07, 6.45) is -0.391. The minimum atomic E-state index is -1.65. The molecule has 0 aliphatic carbocycles. The van der Waals surface area contributed by atoms with Gasteiger partial charge < -0.3 is 19.5 Å². The Bertz CT molecular complexity index is 3270. The Balaban J connectivity index is 0.00000729. The number of hydrogen-bond donors (Lipinski definition) is 0. The first-order chi connectivity index (χ1) is 34.4. The molecule has 0 radical (unpaired) electrons. The minimum Gasteiger partial charge on any atom is -0.661 e. The topological polar surface area (TPSA) is 44.4 Å². The van der Waals surface area contributed by atoms with Crippen LogP contribution in [0.5, 0.6) is 11.5 Å². The molecule has 0 saturated heterocycles. The molecule has 1 aliphatic rings. The SMILES string of the molecule is CC(C)c1cc(-c2ccccc2)cc(C(C)C)c1N1c2ccccc2[N-]C1c1[c-]c(Oc2[c-]c(-c3nc4ccccc4n3-c3c(C(C)C)cc([Si](C)(C)C)cc3C(C)C)cc(C(C)(C)C)c2)cc(C(C)(C)C)c1.[Pt]. The average Bonchev–Trinajstić information content (AvgIpc) is 3.91. The first-order valence-corrected chi connectivity index (χ1v) is 30.2. The summed E-state index contributed by atoms with van der Waals surface area (Å²) in [5, 5.41) is 7.06. The zero-order valence-electron chi connectivity index (χ0n) is 47.0. The van der Waals surface area contributed by atoms with Gasteiger partial charge in [-0.1, -0.05) is 207 Å². The molecule has 0 fully saturated rings. The van der Waals surface area contributed by atoms with E-state index in [0.29, 0.717) is 23.3 Å². The van der Waals surface area contributed by atoms with Gasteiger partial charge >= 0.3 is 0 Å². The molecule has 7 heteroatoms. The Kier molecular flexibility index (Phi) is 15.3. The summed E-state index contributed by atoms with van der Waals surface area (Å²) >= 11 is 0. The van der Waals surface area contributed by atoms with E-state index < -0.39 is 14.2 Å². The fourth-order valence-corrected chi connectivity index (χ4v) is 11.5. The van der Waals surface area contributed by atoms with Gasteiger partial charge in [-0.15, -0.1) is 40.6 Å². The maximum Gasteiger partial charge on any atom is 0.0776 e. The van der Waals surface area contributed by atoms with Gasteiger partial charge in [-0.05, 0) is 104 Å². The van der Waals surface area contributed by atoms with Crippen LogP contribution in [0.4, 0.5) is 17.1 Å². The number of hydrogen-bond acceptors (Lipinski definition) is 3. The van der Waals surface area contributed by atoms with E-state index >= 15 is 0 Å². The first kappa shape index (κ1) is 54.6. The predicted molar refractivity (Wildman–Crippen MR) is 314 cm³/mol. The van der Waals surface area contributed by atoms with Crippen LogP contribution in [0.25, 0.3) is 44.6 Å². The molecule has 388 valence electrons. The monoisotopic (exact) mass is 1180 g/mol. The Morgan fingerprint density at radius 2 is 1.08 bits per heavy atom. The predicted octanol–water partition coefficient (Wildman–Crippen LogP) is 19.2. The van der Waals surface area contributed by atoms with E-state index in [0.717, 1.165) is 50.5 Å². The van der Waals surface area contributed by atoms with Crippen LogP contribution in [0.3, 0.4) is 0 Å². The molecule has 0 spiro atoms. The van der Waals surface area contributed by atoms with Crippen LogP contribution in [-0.4, -0.2) is 17.6 Å². The number of benzene rings is 7. The Labute approximate surface area is 459 Å². The van der Waals surface area contributed by atoms with Gasteiger partial charge in [0.2, 0.25) is 0 Å². The van der Waals surface area contributed by atoms with Crippen molar-refractivity contribution in [1.29, 1.82) is 0 Å². The first-order valence-electron chi connectivity index (χ1n) is 26.7. The van der Waals surface area contributed by atoms with Gasteiger partial charge in [-0.25, -0.2) is 0 Å². The minimum absolute atomic E-state index is 0. The van der Waals surface area contributed by atoms with Crippen molar-refractivity contribution in [3.63, 3.8) is 0 Å². The van der Waals surface area contributed by atoms with E-state index in [9.17, 15) is 0 Å². The summed E-state index contributed by atoms with van der Waals surface area (Å²) in [6, 6.07) is 54.4. The molecule has 8 aromatic rings. The van der Waals surface area contributed by atoms with Crippen molar-refractivity contribution in [3.05, 3.63) is 184 Å². The van der Waals surface area contributed by atoms with Crippen LogP contribution < -0.4 is 14.8 Å². The Morgan fingerprint density at radius 1 is 0.568 bits per heavy atom. The van der Waals surface area contributed by atoms with Crippen molar-refractivity contribution < 1.29 is 25.8 Å². The van der Waals surface area contributed by atoms with Crippen LogP contribution >= 0.6 is 0 Å². The third kappa shape index (κ3) is 10.7. The molecule has 1 aliphatic heterocycles. The van der Waals surface area contributed by atoms with Crippen LogP contribution in [0.1, 0.15) is 166 Å². The summed E-state index contributed by atoms with van der Waals surface area (Å²) in [6.45, 7) is 39.5. The molecule has 0 N–H and O–H groups in total. The number of anilines is 2. The van der Waals surface area contributed by atoms with Crippen molar-refractivity contribution in [2.24, 2.45) is 0 Å². The molecule has 2 heterocycles. The number of fused-ring (bicyclic) bond motifs is 2.